The van der Waals surface area contributed by atoms with E-state index in [0.717, 1.165) is 18.4 Å². The standard InChI is InChI=1S/C14H17ClN2O2/c1-10-5-6-11(15)8-12(10)16-13(18)9-17-7-3-2-4-14(17)19/h5-6,8H,2-4,7,9H2,1H3,(H,16,18). The molecule has 0 saturated carbocycles. The number of aryl methyl sites for hydroxylation is 1. The van der Waals surface area contributed by atoms with Gasteiger partial charge in [-0.15, -0.1) is 0 Å². The van der Waals surface area contributed by atoms with Crippen LogP contribution in [0.4, 0.5) is 5.69 Å². The van der Waals surface area contributed by atoms with Crippen LogP contribution in [0.3, 0.4) is 0 Å². The Hall–Kier alpha value is -1.55. The van der Waals surface area contributed by atoms with Gasteiger partial charge in [0.25, 0.3) is 0 Å². The summed E-state index contributed by atoms with van der Waals surface area (Å²) in [4.78, 5) is 25.2. The maximum atomic E-state index is 11.9. The van der Waals surface area contributed by atoms with Crippen molar-refractivity contribution < 1.29 is 9.59 Å². The molecule has 1 N–H and O–H groups in total. The van der Waals surface area contributed by atoms with Gasteiger partial charge in [-0.1, -0.05) is 17.7 Å². The van der Waals surface area contributed by atoms with E-state index in [0.29, 0.717) is 23.7 Å². The minimum atomic E-state index is -0.180. The predicted molar refractivity (Wildman–Crippen MR) is 75.2 cm³/mol. The fourth-order valence-electron chi connectivity index (χ4n) is 2.12. The lowest BCUT2D eigenvalue weighted by atomic mass is 10.1. The van der Waals surface area contributed by atoms with Crippen molar-refractivity contribution in [1.82, 2.24) is 4.90 Å². The Morgan fingerprint density at radius 1 is 1.42 bits per heavy atom. The van der Waals surface area contributed by atoms with E-state index in [-0.39, 0.29) is 18.4 Å². The van der Waals surface area contributed by atoms with E-state index in [1.54, 1.807) is 17.0 Å². The molecule has 0 unspecified atom stereocenters. The Kier molecular flexibility index (Phi) is 4.43. The number of carbonyl (C=O) groups excluding carboxylic acids is 2. The summed E-state index contributed by atoms with van der Waals surface area (Å²) in [6, 6.07) is 5.34. The summed E-state index contributed by atoms with van der Waals surface area (Å²) in [6.07, 6.45) is 2.43. The lowest BCUT2D eigenvalue weighted by molar-refractivity contribution is -0.136. The highest BCUT2D eigenvalue weighted by Gasteiger charge is 2.20. The van der Waals surface area contributed by atoms with Crippen molar-refractivity contribution in [3.63, 3.8) is 0 Å². The summed E-state index contributed by atoms with van der Waals surface area (Å²) in [5, 5.41) is 3.38. The van der Waals surface area contributed by atoms with Crippen LogP contribution in [0.2, 0.25) is 5.02 Å². The molecule has 1 fully saturated rings. The third kappa shape index (κ3) is 3.70. The number of piperidine rings is 1. The van der Waals surface area contributed by atoms with E-state index >= 15 is 0 Å². The molecule has 1 aliphatic rings. The lowest BCUT2D eigenvalue weighted by Gasteiger charge is -2.26. The van der Waals surface area contributed by atoms with Gasteiger partial charge in [0.05, 0.1) is 6.54 Å². The van der Waals surface area contributed by atoms with Crippen molar-refractivity contribution in [3.8, 4) is 0 Å². The first-order valence-corrected chi connectivity index (χ1v) is 6.78. The summed E-state index contributed by atoms with van der Waals surface area (Å²) in [6.45, 7) is 2.68. The minimum Gasteiger partial charge on any atom is -0.333 e. The smallest absolute Gasteiger partial charge is 0.244 e. The zero-order chi connectivity index (χ0) is 13.8. The summed E-state index contributed by atoms with van der Waals surface area (Å²) in [5.41, 5.74) is 1.64. The molecule has 1 aromatic carbocycles. The number of halogens is 1. The molecule has 1 heterocycles. The molecule has 0 aromatic heterocycles. The summed E-state index contributed by atoms with van der Waals surface area (Å²) in [7, 11) is 0. The van der Waals surface area contributed by atoms with E-state index < -0.39 is 0 Å². The maximum Gasteiger partial charge on any atom is 0.244 e. The van der Waals surface area contributed by atoms with Crippen LogP contribution in [0.5, 0.6) is 0 Å². The number of amides is 2. The van der Waals surface area contributed by atoms with Gasteiger partial charge in [0.1, 0.15) is 0 Å². The normalized spacial score (nSPS) is 15.5. The first kappa shape index (κ1) is 13.9. The molecule has 0 aliphatic carbocycles. The average Bonchev–Trinajstić information content (AvgIpc) is 2.37. The molecule has 1 aliphatic heterocycles. The SMILES string of the molecule is Cc1ccc(Cl)cc1NC(=O)CN1CCCCC1=O. The molecule has 4 nitrogen and oxygen atoms in total. The van der Waals surface area contributed by atoms with Gasteiger partial charge >= 0.3 is 0 Å². The van der Waals surface area contributed by atoms with Crippen LogP contribution in [0.1, 0.15) is 24.8 Å². The number of nitrogens with zero attached hydrogens (tertiary/aromatic N) is 1. The van der Waals surface area contributed by atoms with Crippen molar-refractivity contribution in [2.75, 3.05) is 18.4 Å². The highest BCUT2D eigenvalue weighted by molar-refractivity contribution is 6.31. The first-order chi connectivity index (χ1) is 9.06. The van der Waals surface area contributed by atoms with E-state index in [1.807, 2.05) is 13.0 Å². The van der Waals surface area contributed by atoms with Gasteiger partial charge in [-0.25, -0.2) is 0 Å². The molecule has 102 valence electrons. The molecular formula is C14H17ClN2O2. The highest BCUT2D eigenvalue weighted by atomic mass is 35.5. The summed E-state index contributed by atoms with van der Waals surface area (Å²) in [5.74, 6) is -0.121. The second-order valence-electron chi connectivity index (χ2n) is 4.78. The fraction of sp³-hybridized carbons (Fsp3) is 0.429. The van der Waals surface area contributed by atoms with E-state index in [4.69, 9.17) is 11.6 Å². The van der Waals surface area contributed by atoms with Crippen molar-refractivity contribution in [3.05, 3.63) is 28.8 Å². The lowest BCUT2D eigenvalue weighted by Crippen LogP contribution is -2.40. The molecular weight excluding hydrogens is 264 g/mol. The molecule has 19 heavy (non-hydrogen) atoms. The average molecular weight is 281 g/mol. The fourth-order valence-corrected chi connectivity index (χ4v) is 2.29. The quantitative estimate of drug-likeness (QED) is 0.925. The third-order valence-electron chi connectivity index (χ3n) is 3.23. The largest absolute Gasteiger partial charge is 0.333 e. The Labute approximate surface area is 117 Å². The van der Waals surface area contributed by atoms with Crippen LogP contribution in [0.25, 0.3) is 0 Å². The highest BCUT2D eigenvalue weighted by Crippen LogP contribution is 2.20. The van der Waals surface area contributed by atoms with Gasteiger partial charge < -0.3 is 10.2 Å². The van der Waals surface area contributed by atoms with Gasteiger partial charge in [0.15, 0.2) is 0 Å². The van der Waals surface area contributed by atoms with Crippen LogP contribution >= 0.6 is 11.6 Å². The summed E-state index contributed by atoms with van der Waals surface area (Å²) >= 11 is 5.90. The van der Waals surface area contributed by atoms with Crippen LogP contribution in [-0.4, -0.2) is 29.8 Å². The number of hydrogen-bond acceptors (Lipinski definition) is 2. The summed E-state index contributed by atoms with van der Waals surface area (Å²) < 4.78 is 0. The van der Waals surface area contributed by atoms with E-state index in [1.165, 1.54) is 0 Å². The van der Waals surface area contributed by atoms with Gasteiger partial charge in [0.2, 0.25) is 11.8 Å². The number of nitrogens with one attached hydrogen (secondary N) is 1. The molecule has 2 amide bonds. The van der Waals surface area contributed by atoms with Crippen LogP contribution in [-0.2, 0) is 9.59 Å². The van der Waals surface area contributed by atoms with Crippen LogP contribution in [0, 0.1) is 6.92 Å². The van der Waals surface area contributed by atoms with Crippen molar-refractivity contribution in [1.29, 1.82) is 0 Å². The molecule has 5 heteroatoms. The minimum absolute atomic E-state index is 0.0595. The maximum absolute atomic E-state index is 11.9. The molecule has 0 radical (unpaired) electrons. The number of benzene rings is 1. The number of carbonyl (C=O) groups is 2. The first-order valence-electron chi connectivity index (χ1n) is 6.40. The van der Waals surface area contributed by atoms with Gasteiger partial charge in [-0.3, -0.25) is 9.59 Å². The Balaban J connectivity index is 1.97. The van der Waals surface area contributed by atoms with Crippen LogP contribution in [0.15, 0.2) is 18.2 Å². The predicted octanol–water partition coefficient (Wildman–Crippen LogP) is 2.60. The number of anilines is 1. The van der Waals surface area contributed by atoms with Gasteiger partial charge in [0, 0.05) is 23.7 Å². The van der Waals surface area contributed by atoms with E-state index in [9.17, 15) is 9.59 Å². The van der Waals surface area contributed by atoms with Crippen molar-refractivity contribution in [2.45, 2.75) is 26.2 Å². The zero-order valence-electron chi connectivity index (χ0n) is 10.9. The Bertz CT molecular complexity index is 502. The molecule has 1 saturated heterocycles. The Morgan fingerprint density at radius 3 is 2.95 bits per heavy atom. The number of hydrogen-bond donors (Lipinski definition) is 1. The van der Waals surface area contributed by atoms with Gasteiger partial charge in [-0.2, -0.15) is 0 Å². The third-order valence-corrected chi connectivity index (χ3v) is 3.46. The topological polar surface area (TPSA) is 49.4 Å². The second kappa shape index (κ2) is 6.06. The molecule has 0 spiro atoms. The molecule has 1 aromatic rings. The molecule has 0 bridgehead atoms. The number of rotatable bonds is 3. The molecule has 2 rings (SSSR count). The monoisotopic (exact) mass is 280 g/mol. The zero-order valence-corrected chi connectivity index (χ0v) is 11.7. The van der Waals surface area contributed by atoms with E-state index in [2.05, 4.69) is 5.32 Å². The van der Waals surface area contributed by atoms with Crippen molar-refractivity contribution >= 4 is 29.1 Å². The Morgan fingerprint density at radius 2 is 2.21 bits per heavy atom. The van der Waals surface area contributed by atoms with Crippen LogP contribution < -0.4 is 5.32 Å². The number of likely N-dealkylation sites (tertiary alicyclic amines) is 1. The molecule has 0 atom stereocenters. The second-order valence-corrected chi connectivity index (χ2v) is 5.22. The van der Waals surface area contributed by atoms with Crippen molar-refractivity contribution in [2.24, 2.45) is 0 Å². The van der Waals surface area contributed by atoms with Gasteiger partial charge in [-0.05, 0) is 37.5 Å².